The van der Waals surface area contributed by atoms with Crippen LogP contribution in [-0.2, 0) is 0 Å². The van der Waals surface area contributed by atoms with E-state index in [1.165, 1.54) is 0 Å². The van der Waals surface area contributed by atoms with Crippen LogP contribution in [0.2, 0.25) is 0 Å². The number of hydrogen-bond acceptors (Lipinski definition) is 5. The van der Waals surface area contributed by atoms with Crippen LogP contribution in [0.4, 0.5) is 0 Å². The molecule has 0 radical (unpaired) electrons. The number of hydrogen-bond donors (Lipinski definition) is 2. The van der Waals surface area contributed by atoms with Crippen LogP contribution in [0.1, 0.15) is 11.7 Å². The predicted octanol–water partition coefficient (Wildman–Crippen LogP) is 1.04. The van der Waals surface area contributed by atoms with Gasteiger partial charge in [0, 0.05) is 0 Å². The number of rotatable bonds is 5. The van der Waals surface area contributed by atoms with Gasteiger partial charge in [0.05, 0.1) is 7.11 Å². The van der Waals surface area contributed by atoms with Crippen molar-refractivity contribution in [1.82, 2.24) is 5.32 Å². The van der Waals surface area contributed by atoms with E-state index in [0.717, 1.165) is 0 Å². The maximum Gasteiger partial charge on any atom is 0.172 e. The van der Waals surface area contributed by atoms with Crippen molar-refractivity contribution in [3.05, 3.63) is 34.7 Å². The molecule has 0 saturated heterocycles. The normalized spacial score (nSPS) is 14.3. The summed E-state index contributed by atoms with van der Waals surface area (Å²) in [5, 5.41) is 15.2. The lowest BCUT2D eigenvalue weighted by Gasteiger charge is -2.16. The van der Waals surface area contributed by atoms with Gasteiger partial charge in [-0.1, -0.05) is 12.1 Å². The maximum atomic E-state index is 10.4. The summed E-state index contributed by atoms with van der Waals surface area (Å²) in [4.78, 5) is 10.4. The second kappa shape index (κ2) is 5.43. The summed E-state index contributed by atoms with van der Waals surface area (Å²) in [5.74, 6) is 0.632. The Labute approximate surface area is 88.0 Å². The molecule has 1 aromatic rings. The first kappa shape index (κ1) is 11.6. The van der Waals surface area contributed by atoms with E-state index < -0.39 is 12.3 Å². The summed E-state index contributed by atoms with van der Waals surface area (Å²) < 4.78 is 5.01. The average Bonchev–Trinajstić information content (AvgIpc) is 2.30. The standard InChI is InChI=1S/C10H14N2O3/c1-11-10(12-14)9(13)7-4-3-5-8(6-7)15-2/h3-6,9-11,13H,1-2H3. The fraction of sp³-hybridized carbons (Fsp3) is 0.400. The van der Waals surface area contributed by atoms with Crippen molar-refractivity contribution in [3.63, 3.8) is 0 Å². The zero-order valence-electron chi connectivity index (χ0n) is 8.68. The largest absolute Gasteiger partial charge is 0.497 e. The molecule has 0 aliphatic heterocycles. The van der Waals surface area contributed by atoms with E-state index >= 15 is 0 Å². The lowest BCUT2D eigenvalue weighted by atomic mass is 10.1. The van der Waals surface area contributed by atoms with E-state index in [2.05, 4.69) is 10.5 Å². The first-order valence-electron chi connectivity index (χ1n) is 4.54. The predicted molar refractivity (Wildman–Crippen MR) is 56.6 cm³/mol. The highest BCUT2D eigenvalue weighted by atomic mass is 16.5. The molecular formula is C10H14N2O3. The minimum absolute atomic E-state index is 0.591. The molecule has 2 atom stereocenters. The Kier molecular flexibility index (Phi) is 4.20. The van der Waals surface area contributed by atoms with E-state index in [0.29, 0.717) is 11.3 Å². The molecule has 0 saturated carbocycles. The van der Waals surface area contributed by atoms with Crippen molar-refractivity contribution in [2.24, 2.45) is 5.18 Å². The van der Waals surface area contributed by atoms with Gasteiger partial charge in [-0.25, -0.2) is 0 Å². The van der Waals surface area contributed by atoms with Crippen LogP contribution in [0.5, 0.6) is 5.75 Å². The Balaban J connectivity index is 2.89. The Morgan fingerprint density at radius 3 is 2.80 bits per heavy atom. The molecule has 0 fully saturated rings. The highest BCUT2D eigenvalue weighted by molar-refractivity contribution is 5.30. The van der Waals surface area contributed by atoms with Crippen LogP contribution >= 0.6 is 0 Å². The molecule has 5 heteroatoms. The number of methoxy groups -OCH3 is 1. The minimum atomic E-state index is -0.970. The molecule has 0 aliphatic rings. The van der Waals surface area contributed by atoms with Crippen molar-refractivity contribution >= 4 is 0 Å². The number of nitrogens with zero attached hydrogens (tertiary/aromatic N) is 1. The molecule has 82 valence electrons. The number of ether oxygens (including phenoxy) is 1. The Bertz CT molecular complexity index is 330. The molecule has 0 spiro atoms. The van der Waals surface area contributed by atoms with Crippen molar-refractivity contribution in [1.29, 1.82) is 0 Å². The van der Waals surface area contributed by atoms with Gasteiger partial charge in [0.1, 0.15) is 11.9 Å². The van der Waals surface area contributed by atoms with Crippen LogP contribution in [0.3, 0.4) is 0 Å². The van der Waals surface area contributed by atoms with E-state index in [4.69, 9.17) is 4.74 Å². The maximum absolute atomic E-state index is 10.4. The highest BCUT2D eigenvalue weighted by Gasteiger charge is 2.19. The van der Waals surface area contributed by atoms with Gasteiger partial charge in [-0.3, -0.25) is 5.32 Å². The Morgan fingerprint density at radius 1 is 1.53 bits per heavy atom. The summed E-state index contributed by atoms with van der Waals surface area (Å²) in [6, 6.07) is 6.89. The molecule has 15 heavy (non-hydrogen) atoms. The summed E-state index contributed by atoms with van der Waals surface area (Å²) in [5.41, 5.74) is 0.591. The molecule has 2 unspecified atom stereocenters. The Hall–Kier alpha value is -1.46. The topological polar surface area (TPSA) is 70.9 Å². The fourth-order valence-electron chi connectivity index (χ4n) is 1.28. The van der Waals surface area contributed by atoms with Crippen molar-refractivity contribution in [3.8, 4) is 5.75 Å². The number of likely N-dealkylation sites (N-methyl/N-ethyl adjacent to an activating group) is 1. The summed E-state index contributed by atoms with van der Waals surface area (Å²) in [6.07, 6.45) is -1.82. The molecule has 0 aromatic heterocycles. The third-order valence-electron chi connectivity index (χ3n) is 2.14. The molecule has 0 bridgehead atoms. The quantitative estimate of drug-likeness (QED) is 0.712. The fourth-order valence-corrected chi connectivity index (χ4v) is 1.28. The van der Waals surface area contributed by atoms with Crippen LogP contribution in [-0.4, -0.2) is 25.4 Å². The third kappa shape index (κ3) is 2.74. The summed E-state index contributed by atoms with van der Waals surface area (Å²) >= 11 is 0. The van der Waals surface area contributed by atoms with E-state index in [1.54, 1.807) is 38.4 Å². The third-order valence-corrected chi connectivity index (χ3v) is 2.14. The van der Waals surface area contributed by atoms with Crippen molar-refractivity contribution in [2.45, 2.75) is 12.3 Å². The molecule has 5 nitrogen and oxygen atoms in total. The van der Waals surface area contributed by atoms with E-state index in [1.807, 2.05) is 0 Å². The molecule has 1 aromatic carbocycles. The SMILES string of the molecule is CNC(N=O)C(O)c1cccc(OC)c1. The molecule has 1 rings (SSSR count). The zero-order valence-corrected chi connectivity index (χ0v) is 8.68. The molecule has 0 heterocycles. The van der Waals surface area contributed by atoms with Gasteiger partial charge in [0.15, 0.2) is 6.17 Å². The minimum Gasteiger partial charge on any atom is -0.497 e. The summed E-state index contributed by atoms with van der Waals surface area (Å²) in [6.45, 7) is 0. The first-order chi connectivity index (χ1) is 7.22. The van der Waals surface area contributed by atoms with Gasteiger partial charge in [0.25, 0.3) is 0 Å². The number of aliphatic hydroxyl groups excluding tert-OH is 1. The zero-order chi connectivity index (χ0) is 11.3. The first-order valence-corrected chi connectivity index (χ1v) is 4.54. The highest BCUT2D eigenvalue weighted by Crippen LogP contribution is 2.21. The van der Waals surface area contributed by atoms with Crippen molar-refractivity contribution in [2.75, 3.05) is 14.2 Å². The van der Waals surface area contributed by atoms with Crippen LogP contribution in [0.25, 0.3) is 0 Å². The van der Waals surface area contributed by atoms with Crippen molar-refractivity contribution < 1.29 is 9.84 Å². The summed E-state index contributed by atoms with van der Waals surface area (Å²) in [7, 11) is 3.11. The van der Waals surface area contributed by atoms with Crippen LogP contribution < -0.4 is 10.1 Å². The lowest BCUT2D eigenvalue weighted by Crippen LogP contribution is -2.29. The molecule has 0 aliphatic carbocycles. The van der Waals surface area contributed by atoms with Gasteiger partial charge < -0.3 is 9.84 Å². The Morgan fingerprint density at radius 2 is 2.27 bits per heavy atom. The van der Waals surface area contributed by atoms with Gasteiger partial charge in [-0.2, -0.15) is 0 Å². The van der Waals surface area contributed by atoms with Crippen LogP contribution in [0, 0.1) is 4.91 Å². The van der Waals surface area contributed by atoms with E-state index in [-0.39, 0.29) is 0 Å². The second-order valence-electron chi connectivity index (χ2n) is 3.06. The number of nitroso groups, excluding NO2 is 1. The second-order valence-corrected chi connectivity index (χ2v) is 3.06. The molecule has 0 amide bonds. The average molecular weight is 210 g/mol. The van der Waals surface area contributed by atoms with E-state index in [9.17, 15) is 10.0 Å². The number of benzene rings is 1. The monoisotopic (exact) mass is 210 g/mol. The van der Waals surface area contributed by atoms with Gasteiger partial charge in [-0.15, -0.1) is 4.91 Å². The molecule has 2 N–H and O–H groups in total. The smallest absolute Gasteiger partial charge is 0.172 e. The van der Waals surface area contributed by atoms with Gasteiger partial charge in [0.2, 0.25) is 0 Å². The van der Waals surface area contributed by atoms with Crippen LogP contribution in [0.15, 0.2) is 29.4 Å². The van der Waals surface area contributed by atoms with Gasteiger partial charge >= 0.3 is 0 Å². The van der Waals surface area contributed by atoms with Gasteiger partial charge in [-0.05, 0) is 29.9 Å². The lowest BCUT2D eigenvalue weighted by molar-refractivity contribution is 0.135. The molecular weight excluding hydrogens is 196 g/mol. The number of nitrogens with one attached hydrogen (secondary N) is 1. The number of aliphatic hydroxyl groups is 1.